The Hall–Kier alpha value is -3.00. The molecule has 1 saturated heterocycles. The van der Waals surface area contributed by atoms with Crippen LogP contribution in [0.15, 0.2) is 51.8 Å². The van der Waals surface area contributed by atoms with Gasteiger partial charge in [0.1, 0.15) is 0 Å². The molecular weight excluding hydrogens is 390 g/mol. The lowest BCUT2D eigenvalue weighted by Crippen LogP contribution is -2.43. The first-order valence-corrected chi connectivity index (χ1v) is 10.9. The second-order valence-electron chi connectivity index (χ2n) is 7.24. The summed E-state index contributed by atoms with van der Waals surface area (Å²) in [7, 11) is 0. The summed E-state index contributed by atoms with van der Waals surface area (Å²) in [5.74, 6) is 4.89. The van der Waals surface area contributed by atoms with E-state index in [1.165, 1.54) is 17.5 Å². The van der Waals surface area contributed by atoms with Gasteiger partial charge < -0.3 is 21.4 Å². The monoisotopic (exact) mass is 425 g/mol. The second kappa shape index (κ2) is 14.1. The van der Waals surface area contributed by atoms with Crippen LogP contribution in [0.2, 0.25) is 0 Å². The molecule has 0 spiro atoms. The van der Waals surface area contributed by atoms with Crippen molar-refractivity contribution in [2.75, 3.05) is 39.3 Å². The largest absolute Gasteiger partial charge is 0.368 e. The van der Waals surface area contributed by atoms with Crippen molar-refractivity contribution in [3.63, 3.8) is 0 Å². The van der Waals surface area contributed by atoms with Gasteiger partial charge in [0.25, 0.3) is 5.91 Å². The van der Waals surface area contributed by atoms with Crippen molar-refractivity contribution in [2.24, 2.45) is 15.9 Å². The molecule has 1 aromatic heterocycles. The fraction of sp³-hybridized carbons (Fsp3) is 0.478. The van der Waals surface area contributed by atoms with Gasteiger partial charge in [-0.2, -0.15) is 5.10 Å². The summed E-state index contributed by atoms with van der Waals surface area (Å²) in [6, 6.07) is 3.54. The number of nitrogens with zero attached hydrogens (tertiary/aromatic N) is 4. The van der Waals surface area contributed by atoms with Crippen molar-refractivity contribution in [1.29, 1.82) is 0 Å². The molecule has 0 radical (unpaired) electrons. The summed E-state index contributed by atoms with van der Waals surface area (Å²) < 4.78 is 0. The molecule has 8 heteroatoms. The van der Waals surface area contributed by atoms with Gasteiger partial charge in [0.05, 0.1) is 12.2 Å². The Morgan fingerprint density at radius 3 is 2.90 bits per heavy atom. The first-order valence-electron chi connectivity index (χ1n) is 10.9. The summed E-state index contributed by atoms with van der Waals surface area (Å²) in [6.07, 6.45) is 12.0. The highest BCUT2D eigenvalue weighted by molar-refractivity contribution is 5.95. The van der Waals surface area contributed by atoms with Crippen LogP contribution in [0.5, 0.6) is 0 Å². The van der Waals surface area contributed by atoms with E-state index in [1.807, 2.05) is 12.3 Å². The number of pyridine rings is 1. The van der Waals surface area contributed by atoms with Crippen LogP contribution in [0.4, 0.5) is 0 Å². The number of rotatable bonds is 11. The molecule has 31 heavy (non-hydrogen) atoms. The average Bonchev–Trinajstić information content (AvgIpc) is 2.81. The van der Waals surface area contributed by atoms with Crippen molar-refractivity contribution < 1.29 is 4.79 Å². The molecule has 168 valence electrons. The number of nitrogens with one attached hydrogen (secondary N) is 2. The summed E-state index contributed by atoms with van der Waals surface area (Å²) in [6.45, 7) is 9.35. The number of aromatic nitrogens is 1. The normalized spacial score (nSPS) is 15.7. The van der Waals surface area contributed by atoms with Crippen LogP contribution in [-0.2, 0) is 6.42 Å². The first-order chi connectivity index (χ1) is 15.2. The number of amides is 1. The van der Waals surface area contributed by atoms with Crippen LogP contribution in [0.1, 0.15) is 42.7 Å². The molecule has 4 N–H and O–H groups in total. The summed E-state index contributed by atoms with van der Waals surface area (Å²) in [4.78, 5) is 23.6. The van der Waals surface area contributed by atoms with Crippen molar-refractivity contribution in [3.05, 3.63) is 53.0 Å². The summed E-state index contributed by atoms with van der Waals surface area (Å²) in [5, 5.41) is 9.49. The van der Waals surface area contributed by atoms with Crippen molar-refractivity contribution in [2.45, 2.75) is 33.1 Å². The predicted molar refractivity (Wildman–Crippen MR) is 128 cm³/mol. The molecule has 1 fully saturated rings. The molecular formula is C23H35N7O. The maximum Gasteiger partial charge on any atom is 0.251 e. The van der Waals surface area contributed by atoms with E-state index in [9.17, 15) is 4.79 Å². The molecule has 1 aliphatic heterocycles. The number of nitrogens with two attached hydrogens (primary N) is 1. The van der Waals surface area contributed by atoms with Crippen LogP contribution in [0, 0.1) is 0 Å². The zero-order valence-electron chi connectivity index (χ0n) is 18.7. The lowest BCUT2D eigenvalue weighted by molar-refractivity contribution is 0.0959. The molecule has 1 aromatic rings. The zero-order chi connectivity index (χ0) is 22.3. The molecule has 2 heterocycles. The molecule has 0 atom stereocenters. The molecule has 2 rings (SSSR count). The van der Waals surface area contributed by atoms with E-state index in [0.717, 1.165) is 57.7 Å². The van der Waals surface area contributed by atoms with Crippen LogP contribution >= 0.6 is 0 Å². The number of aliphatic imine (C=N–C) groups is 1. The minimum absolute atomic E-state index is 0.163. The van der Waals surface area contributed by atoms with Gasteiger partial charge in [0.15, 0.2) is 0 Å². The van der Waals surface area contributed by atoms with Gasteiger partial charge in [-0.1, -0.05) is 24.6 Å². The van der Waals surface area contributed by atoms with Gasteiger partial charge in [-0.15, -0.1) is 0 Å². The Balaban J connectivity index is 1.86. The van der Waals surface area contributed by atoms with Gasteiger partial charge in [-0.05, 0) is 31.9 Å². The minimum atomic E-state index is -0.163. The molecule has 1 amide bonds. The van der Waals surface area contributed by atoms with Crippen LogP contribution in [0.25, 0.3) is 0 Å². The van der Waals surface area contributed by atoms with Crippen molar-refractivity contribution >= 4 is 18.3 Å². The highest BCUT2D eigenvalue weighted by atomic mass is 16.1. The van der Waals surface area contributed by atoms with Crippen LogP contribution < -0.4 is 16.5 Å². The Labute approximate surface area is 185 Å². The van der Waals surface area contributed by atoms with Crippen LogP contribution in [0.3, 0.4) is 0 Å². The van der Waals surface area contributed by atoms with Gasteiger partial charge in [0.2, 0.25) is 0 Å². The fourth-order valence-corrected chi connectivity index (χ4v) is 3.35. The molecule has 1 aliphatic rings. The number of piperazine rings is 1. The molecule has 8 nitrogen and oxygen atoms in total. The third kappa shape index (κ3) is 8.72. The maximum absolute atomic E-state index is 12.2. The highest BCUT2D eigenvalue weighted by Gasteiger charge is 2.10. The number of hydrazone groups is 1. The summed E-state index contributed by atoms with van der Waals surface area (Å²) >= 11 is 0. The highest BCUT2D eigenvalue weighted by Crippen LogP contribution is 2.12. The Kier molecular flexibility index (Phi) is 11.0. The number of allylic oxidation sites excluding steroid dienone is 3. The molecule has 0 aromatic carbocycles. The number of carbonyl (C=O) groups excluding carboxylic acids is 1. The standard InChI is InChI=1S/C23H35N7O/c1-3-19(6-5-8-26-18-22(4-2)30-14-12-25-13-15-30)16-21-17-20(7-9-27-21)23(31)28-10-11-29-24/h4,6-7,9,11,17-18,25H,3,5,8,10,12-16,24H2,1-2H3,(H,28,31)/b19-6+,22-4+,26-18-,29-11+. The first kappa shape index (κ1) is 24.3. The van der Waals surface area contributed by atoms with E-state index >= 15 is 0 Å². The molecule has 0 unspecified atom stereocenters. The third-order valence-corrected chi connectivity index (χ3v) is 5.09. The van der Waals surface area contributed by atoms with Gasteiger partial charge in [0, 0.05) is 69.0 Å². The predicted octanol–water partition coefficient (Wildman–Crippen LogP) is 1.90. The van der Waals surface area contributed by atoms with E-state index in [4.69, 9.17) is 5.84 Å². The van der Waals surface area contributed by atoms with Gasteiger partial charge >= 0.3 is 0 Å². The SMILES string of the molecule is C/C=C(\C=N/CC/C=C(\CC)Cc1cc(C(=O)NC/C=N/N)ccn1)N1CCNCC1. The zero-order valence-corrected chi connectivity index (χ0v) is 18.7. The van der Waals surface area contributed by atoms with E-state index in [2.05, 4.69) is 56.6 Å². The van der Waals surface area contributed by atoms with E-state index in [-0.39, 0.29) is 5.91 Å². The van der Waals surface area contributed by atoms with Gasteiger partial charge in [-0.25, -0.2) is 0 Å². The average molecular weight is 426 g/mol. The number of hydrogen-bond donors (Lipinski definition) is 3. The lowest BCUT2D eigenvalue weighted by Gasteiger charge is -2.29. The molecule has 0 saturated carbocycles. The fourth-order valence-electron chi connectivity index (χ4n) is 3.35. The number of hydrogen-bond acceptors (Lipinski definition) is 7. The topological polar surface area (TPSA) is 108 Å². The molecule has 0 aliphatic carbocycles. The van der Waals surface area contributed by atoms with E-state index < -0.39 is 0 Å². The van der Waals surface area contributed by atoms with Crippen molar-refractivity contribution in [1.82, 2.24) is 20.5 Å². The summed E-state index contributed by atoms with van der Waals surface area (Å²) in [5.41, 5.74) is 3.95. The van der Waals surface area contributed by atoms with E-state index in [1.54, 1.807) is 12.3 Å². The minimum Gasteiger partial charge on any atom is -0.368 e. The number of carbonyl (C=O) groups is 1. The Morgan fingerprint density at radius 1 is 1.39 bits per heavy atom. The Bertz CT molecular complexity index is 808. The van der Waals surface area contributed by atoms with Gasteiger partial charge in [-0.3, -0.25) is 14.8 Å². The lowest BCUT2D eigenvalue weighted by atomic mass is 10.0. The second-order valence-corrected chi connectivity index (χ2v) is 7.24. The quantitative estimate of drug-likeness (QED) is 0.165. The maximum atomic E-state index is 12.2. The molecule has 0 bridgehead atoms. The van der Waals surface area contributed by atoms with Crippen LogP contribution in [-0.4, -0.2) is 67.5 Å². The third-order valence-electron chi connectivity index (χ3n) is 5.09. The van der Waals surface area contributed by atoms with E-state index in [0.29, 0.717) is 12.1 Å². The van der Waals surface area contributed by atoms with Crippen molar-refractivity contribution in [3.8, 4) is 0 Å². The smallest absolute Gasteiger partial charge is 0.251 e. The Morgan fingerprint density at radius 2 is 2.19 bits per heavy atom.